The predicted molar refractivity (Wildman–Crippen MR) is 82.3 cm³/mol. The van der Waals surface area contributed by atoms with Gasteiger partial charge in [-0.3, -0.25) is 4.72 Å². The first-order valence-corrected chi connectivity index (χ1v) is 7.77. The van der Waals surface area contributed by atoms with Crippen LogP contribution in [0.3, 0.4) is 0 Å². The number of halogens is 1. The molecule has 1 unspecified atom stereocenters. The van der Waals surface area contributed by atoms with E-state index in [0.717, 1.165) is 41.7 Å². The second-order valence-corrected chi connectivity index (χ2v) is 6.85. The van der Waals surface area contributed by atoms with Crippen LogP contribution in [0.1, 0.15) is 49.9 Å². The zero-order valence-corrected chi connectivity index (χ0v) is 13.6. The van der Waals surface area contributed by atoms with E-state index in [2.05, 4.69) is 9.44 Å². The Hall–Kier alpha value is -1.27. The highest BCUT2D eigenvalue weighted by Gasteiger charge is 2.25. The van der Waals surface area contributed by atoms with Crippen LogP contribution in [0.5, 0.6) is 0 Å². The van der Waals surface area contributed by atoms with E-state index in [-0.39, 0.29) is 11.9 Å². The molecular formula is C15H21FN2O2S. The normalized spacial score (nSPS) is 17.5. The lowest BCUT2D eigenvalue weighted by Crippen LogP contribution is -2.31. The average Bonchev–Trinajstić information content (AvgIpc) is 2.69. The van der Waals surface area contributed by atoms with Crippen molar-refractivity contribution >= 4 is 18.2 Å². The smallest absolute Gasteiger partial charge is 0.418 e. The Balaban J connectivity index is 1.89. The van der Waals surface area contributed by atoms with Crippen LogP contribution < -0.4 is 9.44 Å². The zero-order valence-electron chi connectivity index (χ0n) is 12.7. The maximum absolute atomic E-state index is 13.4. The molecule has 0 aromatic heterocycles. The second-order valence-electron chi connectivity index (χ2n) is 6.21. The van der Waals surface area contributed by atoms with E-state index in [1.165, 1.54) is 0 Å². The first kappa shape index (κ1) is 16.1. The lowest BCUT2D eigenvalue weighted by Gasteiger charge is -2.20. The van der Waals surface area contributed by atoms with Crippen molar-refractivity contribution in [2.45, 2.75) is 52.2 Å². The third-order valence-electron chi connectivity index (χ3n) is 3.22. The van der Waals surface area contributed by atoms with Gasteiger partial charge in [-0.05, 0) is 69.4 Å². The van der Waals surface area contributed by atoms with Crippen LogP contribution >= 0.6 is 12.1 Å². The summed E-state index contributed by atoms with van der Waals surface area (Å²) in [4.78, 5) is 11.5. The Kier molecular flexibility index (Phi) is 4.78. The molecule has 0 saturated heterocycles. The van der Waals surface area contributed by atoms with Crippen LogP contribution in [-0.4, -0.2) is 11.7 Å². The number of carbonyl (C=O) groups is 1. The SMILES string of the molecule is Cc1cc(F)cc2c1C(NSNC(=O)OC(C)(C)C)CC2. The summed E-state index contributed by atoms with van der Waals surface area (Å²) >= 11 is 1.11. The van der Waals surface area contributed by atoms with Crippen LogP contribution in [0, 0.1) is 12.7 Å². The van der Waals surface area contributed by atoms with Gasteiger partial charge in [-0.15, -0.1) is 0 Å². The van der Waals surface area contributed by atoms with Crippen molar-refractivity contribution in [1.82, 2.24) is 9.44 Å². The minimum atomic E-state index is -0.515. The van der Waals surface area contributed by atoms with Crippen molar-refractivity contribution in [1.29, 1.82) is 0 Å². The van der Waals surface area contributed by atoms with Gasteiger partial charge in [-0.2, -0.15) is 0 Å². The van der Waals surface area contributed by atoms with Crippen molar-refractivity contribution in [3.8, 4) is 0 Å². The van der Waals surface area contributed by atoms with Gasteiger partial charge in [0.2, 0.25) is 0 Å². The van der Waals surface area contributed by atoms with Gasteiger partial charge in [0.05, 0.1) is 0 Å². The third-order valence-corrected chi connectivity index (χ3v) is 3.89. The van der Waals surface area contributed by atoms with Gasteiger partial charge in [-0.1, -0.05) is 0 Å². The molecule has 1 amide bonds. The molecule has 1 aliphatic carbocycles. The Morgan fingerprint density at radius 1 is 1.43 bits per heavy atom. The minimum absolute atomic E-state index is 0.112. The third kappa shape index (κ3) is 4.35. The molecule has 0 fully saturated rings. The van der Waals surface area contributed by atoms with Crippen LogP contribution in [0.25, 0.3) is 0 Å². The molecule has 6 heteroatoms. The highest BCUT2D eigenvalue weighted by Crippen LogP contribution is 2.35. The number of hydrogen-bond acceptors (Lipinski definition) is 4. The molecule has 1 aliphatic rings. The van der Waals surface area contributed by atoms with Crippen LogP contribution in [-0.2, 0) is 11.2 Å². The summed E-state index contributed by atoms with van der Waals surface area (Å²) < 4.78 is 24.3. The summed E-state index contributed by atoms with van der Waals surface area (Å²) in [6.07, 6.45) is 1.26. The van der Waals surface area contributed by atoms with E-state index >= 15 is 0 Å². The number of fused-ring (bicyclic) bond motifs is 1. The minimum Gasteiger partial charge on any atom is -0.443 e. The maximum atomic E-state index is 13.4. The number of amides is 1. The largest absolute Gasteiger partial charge is 0.443 e. The summed E-state index contributed by atoms with van der Waals surface area (Å²) in [7, 11) is 0. The quantitative estimate of drug-likeness (QED) is 0.834. The van der Waals surface area contributed by atoms with E-state index in [4.69, 9.17) is 4.74 Å². The molecule has 1 aromatic rings. The van der Waals surface area contributed by atoms with Crippen LogP contribution in [0.15, 0.2) is 12.1 Å². The van der Waals surface area contributed by atoms with Gasteiger partial charge < -0.3 is 4.74 Å². The summed E-state index contributed by atoms with van der Waals surface area (Å²) in [5.74, 6) is -0.188. The topological polar surface area (TPSA) is 50.4 Å². The van der Waals surface area contributed by atoms with E-state index in [1.807, 2.05) is 27.7 Å². The predicted octanol–water partition coefficient (Wildman–Crippen LogP) is 3.80. The van der Waals surface area contributed by atoms with Gasteiger partial charge in [-0.25, -0.2) is 13.9 Å². The van der Waals surface area contributed by atoms with E-state index in [9.17, 15) is 9.18 Å². The molecule has 1 aromatic carbocycles. The van der Waals surface area contributed by atoms with Crippen molar-refractivity contribution in [2.75, 3.05) is 0 Å². The molecule has 1 atom stereocenters. The van der Waals surface area contributed by atoms with Crippen molar-refractivity contribution < 1.29 is 13.9 Å². The number of carbonyl (C=O) groups excluding carboxylic acids is 1. The van der Waals surface area contributed by atoms with Crippen molar-refractivity contribution in [2.24, 2.45) is 0 Å². The number of nitrogens with one attached hydrogen (secondary N) is 2. The Bertz CT molecular complexity index is 543. The first-order valence-electron chi connectivity index (χ1n) is 6.95. The number of benzene rings is 1. The fourth-order valence-electron chi connectivity index (χ4n) is 2.53. The maximum Gasteiger partial charge on any atom is 0.418 e. The molecule has 0 radical (unpaired) electrons. The summed E-state index contributed by atoms with van der Waals surface area (Å²) in [6, 6.07) is 3.25. The van der Waals surface area contributed by atoms with E-state index in [0.29, 0.717) is 0 Å². The van der Waals surface area contributed by atoms with Crippen LogP contribution in [0.2, 0.25) is 0 Å². The van der Waals surface area contributed by atoms with Gasteiger partial charge in [0.15, 0.2) is 0 Å². The molecule has 116 valence electrons. The van der Waals surface area contributed by atoms with Gasteiger partial charge in [0.25, 0.3) is 0 Å². The number of hydrogen-bond donors (Lipinski definition) is 2. The van der Waals surface area contributed by atoms with Crippen molar-refractivity contribution in [3.63, 3.8) is 0 Å². The van der Waals surface area contributed by atoms with Gasteiger partial charge in [0, 0.05) is 18.2 Å². The number of aryl methyl sites for hydroxylation is 2. The van der Waals surface area contributed by atoms with Gasteiger partial charge >= 0.3 is 6.09 Å². The molecule has 0 heterocycles. The highest BCUT2D eigenvalue weighted by atomic mass is 32.2. The summed E-state index contributed by atoms with van der Waals surface area (Å²) in [6.45, 7) is 7.36. The van der Waals surface area contributed by atoms with E-state index < -0.39 is 11.7 Å². The summed E-state index contributed by atoms with van der Waals surface area (Å²) in [5, 5.41) is 0. The van der Waals surface area contributed by atoms with Crippen LogP contribution in [0.4, 0.5) is 9.18 Å². The Labute approximate surface area is 129 Å². The Morgan fingerprint density at radius 3 is 2.81 bits per heavy atom. The number of ether oxygens (including phenoxy) is 1. The Morgan fingerprint density at radius 2 is 2.14 bits per heavy atom. The first-order chi connectivity index (χ1) is 9.76. The monoisotopic (exact) mass is 312 g/mol. The molecule has 2 rings (SSSR count). The fourth-order valence-corrected chi connectivity index (χ4v) is 3.09. The second kappa shape index (κ2) is 6.23. The average molecular weight is 312 g/mol. The van der Waals surface area contributed by atoms with Crippen molar-refractivity contribution in [3.05, 3.63) is 34.6 Å². The fraction of sp³-hybridized carbons (Fsp3) is 0.533. The molecule has 4 nitrogen and oxygen atoms in total. The molecule has 0 spiro atoms. The highest BCUT2D eigenvalue weighted by molar-refractivity contribution is 7.96. The number of rotatable bonds is 3. The van der Waals surface area contributed by atoms with Gasteiger partial charge in [0.1, 0.15) is 11.4 Å². The molecule has 0 aliphatic heterocycles. The summed E-state index contributed by atoms with van der Waals surface area (Å²) in [5.41, 5.74) is 2.61. The zero-order chi connectivity index (χ0) is 15.6. The molecule has 2 N–H and O–H groups in total. The lowest BCUT2D eigenvalue weighted by atomic mass is 10.0. The van der Waals surface area contributed by atoms with E-state index in [1.54, 1.807) is 12.1 Å². The standard InChI is InChI=1S/C15H21FN2O2S/c1-9-7-11(16)8-10-5-6-12(13(9)10)17-21-18-14(19)20-15(2,3)4/h7-8,12,17H,5-6H2,1-4H3,(H,18,19). The molecule has 21 heavy (non-hydrogen) atoms. The lowest BCUT2D eigenvalue weighted by molar-refractivity contribution is 0.0574. The molecule has 0 saturated carbocycles. The molecular weight excluding hydrogens is 291 g/mol. The molecule has 0 bridgehead atoms.